The minimum atomic E-state index is -0.0108. The average Bonchev–Trinajstić information content (AvgIpc) is 3.28. The number of amides is 2. The number of nitrogens with one attached hydrogen (secondary N) is 1. The van der Waals surface area contributed by atoms with Crippen LogP contribution in [0.4, 0.5) is 0 Å². The van der Waals surface area contributed by atoms with Gasteiger partial charge in [-0.25, -0.2) is 4.98 Å². The topological polar surface area (TPSA) is 74.2 Å². The van der Waals surface area contributed by atoms with Gasteiger partial charge in [0.2, 0.25) is 0 Å². The molecule has 0 radical (unpaired) electrons. The SMILES string of the molecule is Cn1ccc(C(=O)N2CCN(C(=O)c3ccc4nc[nH]c4c3)CC2)c1. The summed E-state index contributed by atoms with van der Waals surface area (Å²) in [4.78, 5) is 36.0. The van der Waals surface area contributed by atoms with Crippen LogP contribution in [0.5, 0.6) is 0 Å². The molecule has 7 nitrogen and oxygen atoms in total. The summed E-state index contributed by atoms with van der Waals surface area (Å²) >= 11 is 0. The van der Waals surface area contributed by atoms with E-state index in [1.807, 2.05) is 42.2 Å². The van der Waals surface area contributed by atoms with Crippen LogP contribution in [0, 0.1) is 0 Å². The Bertz CT molecular complexity index is 934. The van der Waals surface area contributed by atoms with Gasteiger partial charge in [0, 0.05) is 51.2 Å². The molecule has 2 amide bonds. The number of benzene rings is 1. The van der Waals surface area contributed by atoms with Crippen LogP contribution in [0.25, 0.3) is 11.0 Å². The molecule has 7 heteroatoms. The summed E-state index contributed by atoms with van der Waals surface area (Å²) in [6.07, 6.45) is 5.30. The molecule has 1 fully saturated rings. The number of aryl methyl sites for hydroxylation is 1. The summed E-state index contributed by atoms with van der Waals surface area (Å²) in [6, 6.07) is 7.28. The van der Waals surface area contributed by atoms with Gasteiger partial charge >= 0.3 is 0 Å². The predicted octanol–water partition coefficient (Wildman–Crippen LogP) is 1.50. The van der Waals surface area contributed by atoms with Gasteiger partial charge in [0.1, 0.15) is 0 Å². The van der Waals surface area contributed by atoms with Gasteiger partial charge in [-0.2, -0.15) is 0 Å². The smallest absolute Gasteiger partial charge is 0.255 e. The number of hydrogen-bond acceptors (Lipinski definition) is 3. The van der Waals surface area contributed by atoms with E-state index >= 15 is 0 Å². The van der Waals surface area contributed by atoms with E-state index < -0.39 is 0 Å². The molecule has 0 atom stereocenters. The fourth-order valence-electron chi connectivity index (χ4n) is 3.18. The lowest BCUT2D eigenvalue weighted by Gasteiger charge is -2.34. The lowest BCUT2D eigenvalue weighted by atomic mass is 10.1. The number of imidazole rings is 1. The number of nitrogens with zero attached hydrogens (tertiary/aromatic N) is 4. The standard InChI is InChI=1S/C18H19N5O2/c1-21-5-4-14(11-21)18(25)23-8-6-22(7-9-23)17(24)13-2-3-15-16(10-13)20-12-19-15/h2-5,10-12H,6-9H2,1H3,(H,19,20). The van der Waals surface area contributed by atoms with Crippen molar-refractivity contribution in [1.29, 1.82) is 0 Å². The van der Waals surface area contributed by atoms with Crippen LogP contribution in [-0.2, 0) is 7.05 Å². The van der Waals surface area contributed by atoms with Crippen LogP contribution in [0.15, 0.2) is 43.0 Å². The summed E-state index contributed by atoms with van der Waals surface area (Å²) in [6.45, 7) is 2.17. The first kappa shape index (κ1) is 15.4. The number of H-pyrrole nitrogens is 1. The second kappa shape index (κ2) is 6.08. The van der Waals surface area contributed by atoms with Crippen LogP contribution >= 0.6 is 0 Å². The van der Waals surface area contributed by atoms with E-state index in [1.54, 1.807) is 22.2 Å². The molecular formula is C18H19N5O2. The molecule has 0 spiro atoms. The Kier molecular flexibility index (Phi) is 3.76. The quantitative estimate of drug-likeness (QED) is 0.770. The number of aromatic nitrogens is 3. The zero-order valence-corrected chi connectivity index (χ0v) is 14.0. The summed E-state index contributed by atoms with van der Waals surface area (Å²) in [5.41, 5.74) is 3.02. The summed E-state index contributed by atoms with van der Waals surface area (Å²) < 4.78 is 1.86. The van der Waals surface area contributed by atoms with Crippen LogP contribution in [0.1, 0.15) is 20.7 Å². The Balaban J connectivity index is 1.42. The third-order valence-electron chi connectivity index (χ3n) is 4.60. The molecule has 1 aliphatic heterocycles. The highest BCUT2D eigenvalue weighted by Crippen LogP contribution is 2.15. The number of piperazine rings is 1. The normalized spacial score (nSPS) is 14.9. The van der Waals surface area contributed by atoms with Crippen molar-refractivity contribution in [3.05, 3.63) is 54.1 Å². The Morgan fingerprint density at radius 1 is 1.00 bits per heavy atom. The monoisotopic (exact) mass is 337 g/mol. The number of aromatic amines is 1. The van der Waals surface area contributed by atoms with Crippen molar-refractivity contribution in [2.24, 2.45) is 7.05 Å². The minimum absolute atomic E-state index is 0.0108. The first-order valence-corrected chi connectivity index (χ1v) is 8.25. The molecule has 128 valence electrons. The highest BCUT2D eigenvalue weighted by atomic mass is 16.2. The van der Waals surface area contributed by atoms with Crippen molar-refractivity contribution < 1.29 is 9.59 Å². The van der Waals surface area contributed by atoms with E-state index in [4.69, 9.17) is 0 Å². The zero-order chi connectivity index (χ0) is 17.4. The third kappa shape index (κ3) is 2.88. The summed E-state index contributed by atoms with van der Waals surface area (Å²) in [7, 11) is 1.89. The van der Waals surface area contributed by atoms with Gasteiger partial charge in [-0.05, 0) is 24.3 Å². The molecule has 1 aromatic carbocycles. The van der Waals surface area contributed by atoms with Crippen molar-refractivity contribution >= 4 is 22.8 Å². The molecule has 4 rings (SSSR count). The van der Waals surface area contributed by atoms with Crippen molar-refractivity contribution in [2.75, 3.05) is 26.2 Å². The zero-order valence-electron chi connectivity index (χ0n) is 14.0. The molecule has 0 bridgehead atoms. The second-order valence-corrected chi connectivity index (χ2v) is 6.28. The summed E-state index contributed by atoms with van der Waals surface area (Å²) in [5.74, 6) is 0.00916. The van der Waals surface area contributed by atoms with Crippen LogP contribution < -0.4 is 0 Å². The van der Waals surface area contributed by atoms with Crippen LogP contribution in [0.3, 0.4) is 0 Å². The number of rotatable bonds is 2. The van der Waals surface area contributed by atoms with Gasteiger partial charge in [-0.15, -0.1) is 0 Å². The van der Waals surface area contributed by atoms with E-state index in [1.165, 1.54) is 0 Å². The molecule has 3 heterocycles. The van der Waals surface area contributed by atoms with E-state index in [-0.39, 0.29) is 11.8 Å². The highest BCUT2D eigenvalue weighted by Gasteiger charge is 2.26. The van der Waals surface area contributed by atoms with Crippen LogP contribution in [0.2, 0.25) is 0 Å². The maximum atomic E-state index is 12.7. The fourth-order valence-corrected chi connectivity index (χ4v) is 3.18. The number of hydrogen-bond donors (Lipinski definition) is 1. The Morgan fingerprint density at radius 2 is 1.68 bits per heavy atom. The highest BCUT2D eigenvalue weighted by molar-refractivity contribution is 5.98. The second-order valence-electron chi connectivity index (χ2n) is 6.28. The van der Waals surface area contributed by atoms with Crippen molar-refractivity contribution in [3.8, 4) is 0 Å². The first-order chi connectivity index (χ1) is 12.1. The molecule has 0 saturated carbocycles. The molecule has 0 aliphatic carbocycles. The molecule has 25 heavy (non-hydrogen) atoms. The van der Waals surface area contributed by atoms with Crippen molar-refractivity contribution in [1.82, 2.24) is 24.3 Å². The molecule has 1 aliphatic rings. The van der Waals surface area contributed by atoms with Gasteiger partial charge in [0.25, 0.3) is 11.8 Å². The Labute approximate surface area is 144 Å². The lowest BCUT2D eigenvalue weighted by molar-refractivity contribution is 0.0535. The molecule has 0 unspecified atom stereocenters. The van der Waals surface area contributed by atoms with E-state index in [0.29, 0.717) is 37.3 Å². The fraction of sp³-hybridized carbons (Fsp3) is 0.278. The number of fused-ring (bicyclic) bond motifs is 1. The predicted molar refractivity (Wildman–Crippen MR) is 93.3 cm³/mol. The van der Waals surface area contributed by atoms with Gasteiger partial charge in [0.15, 0.2) is 0 Å². The molecule has 3 aromatic rings. The maximum absolute atomic E-state index is 12.7. The molecule has 2 aromatic heterocycles. The van der Waals surface area contributed by atoms with Crippen molar-refractivity contribution in [3.63, 3.8) is 0 Å². The van der Waals surface area contributed by atoms with E-state index in [0.717, 1.165) is 11.0 Å². The van der Waals surface area contributed by atoms with Gasteiger partial charge in [0.05, 0.1) is 22.9 Å². The average molecular weight is 337 g/mol. The number of carbonyl (C=O) groups is 2. The first-order valence-electron chi connectivity index (χ1n) is 8.25. The third-order valence-corrected chi connectivity index (χ3v) is 4.60. The maximum Gasteiger partial charge on any atom is 0.255 e. The van der Waals surface area contributed by atoms with Gasteiger partial charge in [-0.3, -0.25) is 9.59 Å². The minimum Gasteiger partial charge on any atom is -0.356 e. The van der Waals surface area contributed by atoms with Crippen molar-refractivity contribution in [2.45, 2.75) is 0 Å². The lowest BCUT2D eigenvalue weighted by Crippen LogP contribution is -2.50. The molecular weight excluding hydrogens is 318 g/mol. The van der Waals surface area contributed by atoms with E-state index in [2.05, 4.69) is 9.97 Å². The van der Waals surface area contributed by atoms with Gasteiger partial charge in [-0.1, -0.05) is 0 Å². The van der Waals surface area contributed by atoms with Gasteiger partial charge < -0.3 is 19.4 Å². The largest absolute Gasteiger partial charge is 0.356 e. The number of carbonyl (C=O) groups excluding carboxylic acids is 2. The van der Waals surface area contributed by atoms with E-state index in [9.17, 15) is 9.59 Å². The Hall–Kier alpha value is -3.09. The molecule has 1 N–H and O–H groups in total. The van der Waals surface area contributed by atoms with Crippen LogP contribution in [-0.4, -0.2) is 62.3 Å². The summed E-state index contributed by atoms with van der Waals surface area (Å²) in [5, 5.41) is 0. The molecule has 1 saturated heterocycles. The Morgan fingerprint density at radius 3 is 2.32 bits per heavy atom.